The summed E-state index contributed by atoms with van der Waals surface area (Å²) in [6.45, 7) is 7.39. The smallest absolute Gasteiger partial charge is 0.269 e. The average Bonchev–Trinajstić information content (AvgIpc) is 2.59. The number of nitrogens with two attached hydrogens (primary N) is 1. The Morgan fingerprint density at radius 3 is 2.88 bits per heavy atom. The van der Waals surface area contributed by atoms with Crippen LogP contribution in [-0.4, -0.2) is 42.1 Å². The summed E-state index contributed by atoms with van der Waals surface area (Å²) in [6.07, 6.45) is 2.72. The fourth-order valence-corrected chi connectivity index (χ4v) is 3.21. The summed E-state index contributed by atoms with van der Waals surface area (Å²) in [5.41, 5.74) is 9.90. The number of aromatic nitrogens is 2. The van der Waals surface area contributed by atoms with Crippen LogP contribution in [0.2, 0.25) is 0 Å². The van der Waals surface area contributed by atoms with E-state index in [1.165, 1.54) is 15.8 Å². The normalized spacial score (nSPS) is 17.7. The Balaban J connectivity index is 1.75. The Morgan fingerprint density at radius 2 is 2.16 bits per heavy atom. The van der Waals surface area contributed by atoms with E-state index in [-0.39, 0.29) is 11.7 Å². The van der Waals surface area contributed by atoms with Crippen molar-refractivity contribution in [3.8, 4) is 0 Å². The van der Waals surface area contributed by atoms with Crippen molar-refractivity contribution < 1.29 is 4.74 Å². The van der Waals surface area contributed by atoms with Gasteiger partial charge in [0.1, 0.15) is 0 Å². The van der Waals surface area contributed by atoms with E-state index in [1.54, 1.807) is 12.3 Å². The SMILES string of the molecule is Cc1ccc(Cn2ncc(N3CCOC(CCN)C3)cc2=O)c(C)c1. The molecule has 1 aromatic carbocycles. The van der Waals surface area contributed by atoms with Crippen LogP contribution < -0.4 is 16.2 Å². The van der Waals surface area contributed by atoms with Gasteiger partial charge in [-0.1, -0.05) is 23.8 Å². The number of nitrogens with zero attached hydrogens (tertiary/aromatic N) is 3. The predicted molar refractivity (Wildman–Crippen MR) is 99.1 cm³/mol. The molecule has 1 aliphatic rings. The van der Waals surface area contributed by atoms with Crippen LogP contribution in [0.15, 0.2) is 35.3 Å². The van der Waals surface area contributed by atoms with Gasteiger partial charge >= 0.3 is 0 Å². The molecule has 0 spiro atoms. The average molecular weight is 342 g/mol. The van der Waals surface area contributed by atoms with E-state index < -0.39 is 0 Å². The van der Waals surface area contributed by atoms with Crippen LogP contribution in [0.3, 0.4) is 0 Å². The first kappa shape index (κ1) is 17.6. The molecule has 0 aliphatic carbocycles. The summed E-state index contributed by atoms with van der Waals surface area (Å²) in [5.74, 6) is 0. The van der Waals surface area contributed by atoms with Gasteiger partial charge in [-0.15, -0.1) is 0 Å². The number of benzene rings is 1. The van der Waals surface area contributed by atoms with Gasteiger partial charge < -0.3 is 15.4 Å². The first-order valence-corrected chi connectivity index (χ1v) is 8.76. The highest BCUT2D eigenvalue weighted by Gasteiger charge is 2.20. The van der Waals surface area contributed by atoms with Gasteiger partial charge in [0.15, 0.2) is 0 Å². The maximum atomic E-state index is 12.5. The van der Waals surface area contributed by atoms with E-state index in [4.69, 9.17) is 10.5 Å². The van der Waals surface area contributed by atoms with Crippen molar-refractivity contribution in [2.75, 3.05) is 31.1 Å². The molecule has 0 bridgehead atoms. The van der Waals surface area contributed by atoms with Crippen LogP contribution in [0, 0.1) is 13.8 Å². The number of anilines is 1. The topological polar surface area (TPSA) is 73.4 Å². The fourth-order valence-electron chi connectivity index (χ4n) is 3.21. The van der Waals surface area contributed by atoms with Gasteiger partial charge in [-0.05, 0) is 37.9 Å². The molecule has 2 aromatic rings. The minimum atomic E-state index is -0.0839. The third kappa shape index (κ3) is 4.27. The van der Waals surface area contributed by atoms with Crippen molar-refractivity contribution in [1.82, 2.24) is 9.78 Å². The quantitative estimate of drug-likeness (QED) is 0.891. The highest BCUT2D eigenvalue weighted by Crippen LogP contribution is 2.17. The molecule has 1 saturated heterocycles. The molecule has 1 atom stereocenters. The van der Waals surface area contributed by atoms with Crippen LogP contribution in [0.5, 0.6) is 0 Å². The zero-order chi connectivity index (χ0) is 17.8. The minimum absolute atomic E-state index is 0.0839. The predicted octanol–water partition coefficient (Wildman–Crippen LogP) is 1.46. The third-order valence-corrected chi connectivity index (χ3v) is 4.67. The lowest BCUT2D eigenvalue weighted by Crippen LogP contribution is -2.43. The summed E-state index contributed by atoms with van der Waals surface area (Å²) in [6, 6.07) is 7.92. The van der Waals surface area contributed by atoms with Crippen LogP contribution >= 0.6 is 0 Å². The summed E-state index contributed by atoms with van der Waals surface area (Å²) < 4.78 is 7.21. The Labute approximate surface area is 148 Å². The highest BCUT2D eigenvalue weighted by molar-refractivity contribution is 5.43. The van der Waals surface area contributed by atoms with Gasteiger partial charge in [0.25, 0.3) is 5.56 Å². The first-order valence-electron chi connectivity index (χ1n) is 8.76. The van der Waals surface area contributed by atoms with E-state index in [2.05, 4.69) is 42.0 Å². The largest absolute Gasteiger partial charge is 0.374 e. The number of morpholine rings is 1. The maximum absolute atomic E-state index is 12.5. The summed E-state index contributed by atoms with van der Waals surface area (Å²) >= 11 is 0. The molecular formula is C19H26N4O2. The lowest BCUT2D eigenvalue weighted by molar-refractivity contribution is 0.0368. The molecule has 25 heavy (non-hydrogen) atoms. The van der Waals surface area contributed by atoms with Crippen molar-refractivity contribution in [1.29, 1.82) is 0 Å². The Kier molecular flexibility index (Phi) is 5.50. The van der Waals surface area contributed by atoms with Gasteiger partial charge in [0, 0.05) is 19.2 Å². The van der Waals surface area contributed by atoms with E-state index in [0.29, 0.717) is 19.7 Å². The van der Waals surface area contributed by atoms with Crippen LogP contribution in [-0.2, 0) is 11.3 Å². The Bertz CT molecular complexity index is 785. The molecular weight excluding hydrogens is 316 g/mol. The Hall–Kier alpha value is -2.18. The molecule has 2 N–H and O–H groups in total. The van der Waals surface area contributed by atoms with Gasteiger partial charge in [0.05, 0.1) is 31.1 Å². The molecule has 0 radical (unpaired) electrons. The molecule has 1 aliphatic heterocycles. The van der Waals surface area contributed by atoms with E-state index in [0.717, 1.165) is 30.8 Å². The zero-order valence-electron chi connectivity index (χ0n) is 14.9. The number of hydrogen-bond donors (Lipinski definition) is 1. The lowest BCUT2D eigenvalue weighted by atomic mass is 10.1. The van der Waals surface area contributed by atoms with Crippen LogP contribution in [0.4, 0.5) is 5.69 Å². The number of ether oxygens (including phenoxy) is 1. The fraction of sp³-hybridized carbons (Fsp3) is 0.474. The molecule has 0 amide bonds. The molecule has 1 fully saturated rings. The molecule has 134 valence electrons. The monoisotopic (exact) mass is 342 g/mol. The second-order valence-corrected chi connectivity index (χ2v) is 6.66. The summed E-state index contributed by atoms with van der Waals surface area (Å²) in [4.78, 5) is 14.6. The van der Waals surface area contributed by atoms with Crippen molar-refractivity contribution in [3.63, 3.8) is 0 Å². The molecule has 6 heteroatoms. The van der Waals surface area contributed by atoms with Crippen molar-refractivity contribution in [2.45, 2.75) is 32.9 Å². The Morgan fingerprint density at radius 1 is 1.32 bits per heavy atom. The molecule has 1 aromatic heterocycles. The second kappa shape index (κ2) is 7.80. The molecule has 6 nitrogen and oxygen atoms in total. The second-order valence-electron chi connectivity index (χ2n) is 6.66. The first-order chi connectivity index (χ1) is 12.1. The number of rotatable bonds is 5. The number of hydrogen-bond acceptors (Lipinski definition) is 5. The lowest BCUT2D eigenvalue weighted by Gasteiger charge is -2.34. The van der Waals surface area contributed by atoms with Crippen molar-refractivity contribution >= 4 is 5.69 Å². The molecule has 1 unspecified atom stereocenters. The van der Waals surface area contributed by atoms with E-state index in [9.17, 15) is 4.79 Å². The van der Waals surface area contributed by atoms with Gasteiger partial charge in [-0.3, -0.25) is 4.79 Å². The van der Waals surface area contributed by atoms with Crippen LogP contribution in [0.25, 0.3) is 0 Å². The van der Waals surface area contributed by atoms with Crippen LogP contribution in [0.1, 0.15) is 23.1 Å². The summed E-state index contributed by atoms with van der Waals surface area (Å²) in [7, 11) is 0. The third-order valence-electron chi connectivity index (χ3n) is 4.67. The van der Waals surface area contributed by atoms with Gasteiger partial charge in [0.2, 0.25) is 0 Å². The highest BCUT2D eigenvalue weighted by atomic mass is 16.5. The van der Waals surface area contributed by atoms with Crippen molar-refractivity contribution in [3.05, 3.63) is 57.5 Å². The van der Waals surface area contributed by atoms with Gasteiger partial charge in [-0.25, -0.2) is 4.68 Å². The molecule has 0 saturated carbocycles. The number of aryl methyl sites for hydroxylation is 2. The minimum Gasteiger partial charge on any atom is -0.374 e. The van der Waals surface area contributed by atoms with Crippen molar-refractivity contribution in [2.24, 2.45) is 5.73 Å². The zero-order valence-corrected chi connectivity index (χ0v) is 14.9. The maximum Gasteiger partial charge on any atom is 0.269 e. The molecule has 3 rings (SSSR count). The molecule has 2 heterocycles. The standard InChI is InChI=1S/C19H26N4O2/c1-14-3-4-16(15(2)9-14)12-23-19(24)10-17(11-21-23)22-7-8-25-18(13-22)5-6-20/h3-4,9-11,18H,5-8,12-13,20H2,1-2H3. The summed E-state index contributed by atoms with van der Waals surface area (Å²) in [5, 5.41) is 4.38. The van der Waals surface area contributed by atoms with E-state index in [1.807, 2.05) is 0 Å². The van der Waals surface area contributed by atoms with Gasteiger partial charge in [-0.2, -0.15) is 5.10 Å². The van der Waals surface area contributed by atoms with E-state index >= 15 is 0 Å².